The van der Waals surface area contributed by atoms with E-state index >= 15 is 0 Å². The third-order valence-corrected chi connectivity index (χ3v) is 5.38. The van der Waals surface area contributed by atoms with E-state index in [1.807, 2.05) is 4.90 Å². The number of sulfone groups is 1. The van der Waals surface area contributed by atoms with Crippen LogP contribution in [0, 0.1) is 0 Å². The second kappa shape index (κ2) is 5.74. The number of carboxylic acid groups (broad SMARTS) is 1. The van der Waals surface area contributed by atoms with Gasteiger partial charge in [0.15, 0.2) is 9.84 Å². The standard InChI is InChI=1S/C11H19NO6S/c13-10-7-19(16,17)6-9(10)12-3-1-8(2-4-12)18-5-11(14)15/h8-10,13H,1-7H2,(H,14,15). The summed E-state index contributed by atoms with van der Waals surface area (Å²) in [7, 11) is -3.13. The SMILES string of the molecule is O=C(O)COC1CCN(C2CS(=O)(=O)CC2O)CC1. The molecule has 2 aliphatic rings. The number of aliphatic hydroxyl groups is 1. The number of carboxylic acids is 1. The first-order valence-electron chi connectivity index (χ1n) is 6.33. The summed E-state index contributed by atoms with van der Waals surface area (Å²) in [5.41, 5.74) is 0. The van der Waals surface area contributed by atoms with Crippen molar-refractivity contribution in [2.24, 2.45) is 0 Å². The topological polar surface area (TPSA) is 104 Å². The number of nitrogens with zero attached hydrogens (tertiary/aromatic N) is 1. The van der Waals surface area contributed by atoms with Crippen molar-refractivity contribution in [3.05, 3.63) is 0 Å². The lowest BCUT2D eigenvalue weighted by molar-refractivity contribution is -0.145. The molecule has 2 rings (SSSR count). The molecule has 19 heavy (non-hydrogen) atoms. The molecule has 2 unspecified atom stereocenters. The molecule has 0 radical (unpaired) electrons. The van der Waals surface area contributed by atoms with Crippen molar-refractivity contribution in [3.63, 3.8) is 0 Å². The summed E-state index contributed by atoms with van der Waals surface area (Å²) in [6, 6.07) is -0.328. The highest BCUT2D eigenvalue weighted by Crippen LogP contribution is 2.23. The molecule has 0 aliphatic carbocycles. The van der Waals surface area contributed by atoms with Gasteiger partial charge in [0.2, 0.25) is 0 Å². The second-order valence-corrected chi connectivity index (χ2v) is 7.31. The van der Waals surface area contributed by atoms with Gasteiger partial charge in [-0.1, -0.05) is 0 Å². The van der Waals surface area contributed by atoms with Crippen LogP contribution in [0.2, 0.25) is 0 Å². The maximum atomic E-state index is 11.5. The number of aliphatic hydroxyl groups excluding tert-OH is 1. The minimum Gasteiger partial charge on any atom is -0.480 e. The maximum absolute atomic E-state index is 11.5. The number of hydrogen-bond acceptors (Lipinski definition) is 6. The molecule has 2 heterocycles. The van der Waals surface area contributed by atoms with Gasteiger partial charge in [-0.3, -0.25) is 4.90 Å². The Morgan fingerprint density at radius 3 is 2.37 bits per heavy atom. The quantitative estimate of drug-likeness (QED) is 0.664. The fourth-order valence-corrected chi connectivity index (χ4v) is 4.55. The minimum absolute atomic E-state index is 0.00875. The first-order chi connectivity index (χ1) is 8.87. The van der Waals surface area contributed by atoms with E-state index in [2.05, 4.69) is 0 Å². The van der Waals surface area contributed by atoms with Gasteiger partial charge in [0.25, 0.3) is 0 Å². The number of carbonyl (C=O) groups is 1. The monoisotopic (exact) mass is 293 g/mol. The lowest BCUT2D eigenvalue weighted by atomic mass is 10.0. The Kier molecular flexibility index (Phi) is 4.44. The van der Waals surface area contributed by atoms with Gasteiger partial charge in [0.1, 0.15) is 6.61 Å². The van der Waals surface area contributed by atoms with E-state index in [9.17, 15) is 18.3 Å². The molecule has 2 N–H and O–H groups in total. The molecule has 0 spiro atoms. The van der Waals surface area contributed by atoms with Crippen LogP contribution in [-0.4, -0.2) is 79.0 Å². The minimum atomic E-state index is -3.13. The summed E-state index contributed by atoms with van der Waals surface area (Å²) in [5.74, 6) is -1.14. The average molecular weight is 293 g/mol. The molecular weight excluding hydrogens is 274 g/mol. The predicted octanol–water partition coefficient (Wildman–Crippen LogP) is -1.29. The number of aliphatic carboxylic acids is 1. The van der Waals surface area contributed by atoms with E-state index in [0.29, 0.717) is 25.9 Å². The number of hydrogen-bond donors (Lipinski definition) is 2. The van der Waals surface area contributed by atoms with Crippen molar-refractivity contribution in [2.45, 2.75) is 31.1 Å². The Morgan fingerprint density at radius 2 is 1.89 bits per heavy atom. The Morgan fingerprint density at radius 1 is 1.26 bits per heavy atom. The zero-order valence-corrected chi connectivity index (χ0v) is 11.4. The molecule has 7 nitrogen and oxygen atoms in total. The first kappa shape index (κ1) is 14.7. The van der Waals surface area contributed by atoms with Crippen LogP contribution in [0.4, 0.5) is 0 Å². The summed E-state index contributed by atoms with van der Waals surface area (Å²) < 4.78 is 28.1. The molecule has 2 fully saturated rings. The average Bonchev–Trinajstić information content (AvgIpc) is 2.61. The molecule has 110 valence electrons. The van der Waals surface area contributed by atoms with Gasteiger partial charge in [0.05, 0.1) is 29.8 Å². The van der Waals surface area contributed by atoms with Gasteiger partial charge < -0.3 is 14.9 Å². The van der Waals surface area contributed by atoms with Crippen molar-refractivity contribution >= 4 is 15.8 Å². The highest BCUT2D eigenvalue weighted by molar-refractivity contribution is 7.91. The molecule has 0 aromatic rings. The Labute approximate surface area is 112 Å². The van der Waals surface area contributed by atoms with Crippen molar-refractivity contribution in [3.8, 4) is 0 Å². The van der Waals surface area contributed by atoms with Crippen LogP contribution >= 0.6 is 0 Å². The van der Waals surface area contributed by atoms with E-state index in [1.165, 1.54) is 0 Å². The van der Waals surface area contributed by atoms with Gasteiger partial charge in [-0.25, -0.2) is 13.2 Å². The third-order valence-electron chi connectivity index (χ3n) is 3.68. The molecule has 0 aromatic carbocycles. The van der Waals surface area contributed by atoms with E-state index in [-0.39, 0.29) is 30.3 Å². The largest absolute Gasteiger partial charge is 0.480 e. The van der Waals surface area contributed by atoms with Gasteiger partial charge in [-0.15, -0.1) is 0 Å². The number of piperidine rings is 1. The lowest BCUT2D eigenvalue weighted by Crippen LogP contribution is -2.48. The van der Waals surface area contributed by atoms with Crippen LogP contribution in [-0.2, 0) is 19.4 Å². The maximum Gasteiger partial charge on any atom is 0.329 e. The van der Waals surface area contributed by atoms with E-state index in [0.717, 1.165) is 0 Å². The molecule has 2 atom stereocenters. The molecule has 0 saturated carbocycles. The summed E-state index contributed by atoms with van der Waals surface area (Å²) in [4.78, 5) is 12.4. The van der Waals surface area contributed by atoms with Gasteiger partial charge in [-0.2, -0.15) is 0 Å². The van der Waals surface area contributed by atoms with Crippen molar-refractivity contribution in [1.29, 1.82) is 0 Å². The van der Waals surface area contributed by atoms with Crippen LogP contribution < -0.4 is 0 Å². The van der Waals surface area contributed by atoms with Crippen LogP contribution in [0.5, 0.6) is 0 Å². The highest BCUT2D eigenvalue weighted by Gasteiger charge is 2.40. The van der Waals surface area contributed by atoms with Crippen molar-refractivity contribution in [1.82, 2.24) is 4.90 Å². The third kappa shape index (κ3) is 3.88. The summed E-state index contributed by atoms with van der Waals surface area (Å²) in [6.07, 6.45) is 0.414. The van der Waals surface area contributed by atoms with Gasteiger partial charge in [-0.05, 0) is 12.8 Å². The van der Waals surface area contributed by atoms with Crippen LogP contribution in [0.15, 0.2) is 0 Å². The number of ether oxygens (including phenoxy) is 1. The lowest BCUT2D eigenvalue weighted by Gasteiger charge is -2.36. The van der Waals surface area contributed by atoms with E-state index in [4.69, 9.17) is 9.84 Å². The van der Waals surface area contributed by atoms with Crippen LogP contribution in [0.25, 0.3) is 0 Å². The van der Waals surface area contributed by atoms with Crippen LogP contribution in [0.1, 0.15) is 12.8 Å². The zero-order valence-electron chi connectivity index (χ0n) is 10.6. The Hall–Kier alpha value is -0.700. The smallest absolute Gasteiger partial charge is 0.329 e. The Balaban J connectivity index is 1.82. The van der Waals surface area contributed by atoms with Crippen LogP contribution in [0.3, 0.4) is 0 Å². The van der Waals surface area contributed by atoms with Crippen molar-refractivity contribution in [2.75, 3.05) is 31.2 Å². The predicted molar refractivity (Wildman–Crippen MR) is 66.6 cm³/mol. The van der Waals surface area contributed by atoms with Gasteiger partial charge >= 0.3 is 5.97 Å². The Bertz CT molecular complexity index is 428. The molecule has 2 aliphatic heterocycles. The van der Waals surface area contributed by atoms with Gasteiger partial charge in [0, 0.05) is 13.1 Å². The van der Waals surface area contributed by atoms with E-state index in [1.54, 1.807) is 0 Å². The molecule has 0 aromatic heterocycles. The van der Waals surface area contributed by atoms with E-state index < -0.39 is 21.9 Å². The number of rotatable bonds is 4. The summed E-state index contributed by atoms with van der Waals surface area (Å²) in [5, 5.41) is 18.3. The van der Waals surface area contributed by atoms with Crippen molar-refractivity contribution < 1.29 is 28.2 Å². The first-order valence-corrected chi connectivity index (χ1v) is 8.15. The summed E-state index contributed by atoms with van der Waals surface area (Å²) in [6.45, 7) is 0.953. The molecule has 8 heteroatoms. The normalized spacial score (nSPS) is 32.5. The second-order valence-electron chi connectivity index (χ2n) is 5.15. The molecular formula is C11H19NO6S. The zero-order chi connectivity index (χ0) is 14.0. The number of likely N-dealkylation sites (tertiary alicyclic amines) is 1. The molecule has 2 saturated heterocycles. The fourth-order valence-electron chi connectivity index (χ4n) is 2.72. The highest BCUT2D eigenvalue weighted by atomic mass is 32.2. The molecule has 0 bridgehead atoms. The molecule has 0 amide bonds. The fraction of sp³-hybridized carbons (Fsp3) is 0.909. The summed E-state index contributed by atoms with van der Waals surface area (Å²) >= 11 is 0.